The van der Waals surface area contributed by atoms with Gasteiger partial charge in [0.2, 0.25) is 0 Å². The Balaban J connectivity index is 1.98. The molecule has 0 aromatic heterocycles. The molecule has 2 aromatic rings. The lowest BCUT2D eigenvalue weighted by Gasteiger charge is -2.12. The summed E-state index contributed by atoms with van der Waals surface area (Å²) in [7, 11) is 1.52. The highest BCUT2D eigenvalue weighted by atomic mass is 35.5. The summed E-state index contributed by atoms with van der Waals surface area (Å²) < 4.78 is 10.6. The Morgan fingerprint density at radius 1 is 1.27 bits per heavy atom. The number of nitrogen functional groups attached to an aromatic ring is 1. The number of nitrogens with one attached hydrogen (secondary N) is 1. The molecule has 0 fully saturated rings. The van der Waals surface area contributed by atoms with Crippen LogP contribution in [-0.2, 0) is 4.79 Å². The van der Waals surface area contributed by atoms with Gasteiger partial charge in [-0.05, 0) is 48.9 Å². The SMILES string of the molecule is COc1ccc(N)cc1NC(=O)COc1ccc(Cl)c(C)c1. The van der Waals surface area contributed by atoms with Gasteiger partial charge in [0, 0.05) is 10.7 Å². The molecule has 2 rings (SSSR count). The van der Waals surface area contributed by atoms with Crippen LogP contribution in [0.15, 0.2) is 36.4 Å². The average molecular weight is 321 g/mol. The maximum atomic E-state index is 12.0. The Bertz CT molecular complexity index is 689. The van der Waals surface area contributed by atoms with Gasteiger partial charge in [-0.3, -0.25) is 4.79 Å². The number of carbonyl (C=O) groups is 1. The standard InChI is InChI=1S/C16H17ClN2O3/c1-10-7-12(4-5-13(10)17)22-9-16(20)19-14-8-11(18)3-6-15(14)21-2/h3-8H,9,18H2,1-2H3,(H,19,20). The number of rotatable bonds is 5. The van der Waals surface area contributed by atoms with Gasteiger partial charge in [0.05, 0.1) is 12.8 Å². The number of amides is 1. The Morgan fingerprint density at radius 2 is 2.05 bits per heavy atom. The predicted octanol–water partition coefficient (Wildman–Crippen LogP) is 3.26. The van der Waals surface area contributed by atoms with E-state index in [9.17, 15) is 4.79 Å². The van der Waals surface area contributed by atoms with E-state index in [4.69, 9.17) is 26.8 Å². The topological polar surface area (TPSA) is 73.6 Å². The van der Waals surface area contributed by atoms with Crippen molar-refractivity contribution in [2.75, 3.05) is 24.8 Å². The number of ether oxygens (including phenoxy) is 2. The molecule has 0 saturated heterocycles. The molecule has 0 aliphatic heterocycles. The van der Waals surface area contributed by atoms with E-state index < -0.39 is 0 Å². The van der Waals surface area contributed by atoms with Crippen LogP contribution in [0.1, 0.15) is 5.56 Å². The van der Waals surface area contributed by atoms with Gasteiger partial charge in [-0.1, -0.05) is 11.6 Å². The van der Waals surface area contributed by atoms with Gasteiger partial charge in [0.25, 0.3) is 5.91 Å². The van der Waals surface area contributed by atoms with Gasteiger partial charge in [-0.2, -0.15) is 0 Å². The van der Waals surface area contributed by atoms with Crippen molar-refractivity contribution >= 4 is 28.9 Å². The molecule has 0 aliphatic carbocycles. The number of benzene rings is 2. The van der Waals surface area contributed by atoms with Gasteiger partial charge in [-0.25, -0.2) is 0 Å². The fourth-order valence-corrected chi connectivity index (χ4v) is 1.98. The molecule has 22 heavy (non-hydrogen) atoms. The third kappa shape index (κ3) is 4.05. The molecular weight excluding hydrogens is 304 g/mol. The first-order valence-electron chi connectivity index (χ1n) is 6.62. The highest BCUT2D eigenvalue weighted by Crippen LogP contribution is 2.26. The summed E-state index contributed by atoms with van der Waals surface area (Å²) >= 11 is 5.94. The minimum Gasteiger partial charge on any atom is -0.495 e. The molecule has 6 heteroatoms. The molecule has 0 spiro atoms. The quantitative estimate of drug-likeness (QED) is 0.829. The maximum absolute atomic E-state index is 12.0. The molecule has 0 bridgehead atoms. The number of nitrogens with two attached hydrogens (primary N) is 1. The summed E-state index contributed by atoms with van der Waals surface area (Å²) in [5.41, 5.74) is 7.63. The van der Waals surface area contributed by atoms with Crippen LogP contribution in [0.5, 0.6) is 11.5 Å². The Kier molecular flexibility index (Phi) is 5.12. The van der Waals surface area contributed by atoms with Crippen molar-refractivity contribution in [3.8, 4) is 11.5 Å². The van der Waals surface area contributed by atoms with E-state index >= 15 is 0 Å². The molecule has 0 unspecified atom stereocenters. The summed E-state index contributed by atoms with van der Waals surface area (Å²) in [6.07, 6.45) is 0. The van der Waals surface area contributed by atoms with Crippen molar-refractivity contribution in [2.45, 2.75) is 6.92 Å². The second kappa shape index (κ2) is 7.04. The third-order valence-electron chi connectivity index (χ3n) is 3.00. The Morgan fingerprint density at radius 3 is 2.73 bits per heavy atom. The van der Waals surface area contributed by atoms with E-state index in [0.717, 1.165) is 5.56 Å². The van der Waals surface area contributed by atoms with E-state index in [0.29, 0.717) is 27.9 Å². The van der Waals surface area contributed by atoms with Crippen molar-refractivity contribution in [3.05, 3.63) is 47.0 Å². The highest BCUT2D eigenvalue weighted by molar-refractivity contribution is 6.31. The molecule has 0 aliphatic rings. The summed E-state index contributed by atoms with van der Waals surface area (Å²) in [6.45, 7) is 1.74. The number of hydrogen-bond donors (Lipinski definition) is 2. The number of aryl methyl sites for hydroxylation is 1. The van der Waals surface area contributed by atoms with Crippen molar-refractivity contribution in [1.29, 1.82) is 0 Å². The highest BCUT2D eigenvalue weighted by Gasteiger charge is 2.09. The smallest absolute Gasteiger partial charge is 0.262 e. The summed E-state index contributed by atoms with van der Waals surface area (Å²) in [4.78, 5) is 12.0. The Labute approximate surface area is 134 Å². The zero-order valence-corrected chi connectivity index (χ0v) is 13.1. The monoisotopic (exact) mass is 320 g/mol. The largest absolute Gasteiger partial charge is 0.495 e. The van der Waals surface area contributed by atoms with E-state index in [1.807, 2.05) is 6.92 Å². The van der Waals surface area contributed by atoms with Gasteiger partial charge in [0.1, 0.15) is 11.5 Å². The molecule has 1 amide bonds. The van der Waals surface area contributed by atoms with Crippen molar-refractivity contribution in [3.63, 3.8) is 0 Å². The zero-order valence-electron chi connectivity index (χ0n) is 12.4. The van der Waals surface area contributed by atoms with Crippen LogP contribution in [0.25, 0.3) is 0 Å². The van der Waals surface area contributed by atoms with Crippen molar-refractivity contribution in [2.24, 2.45) is 0 Å². The van der Waals surface area contributed by atoms with Gasteiger partial charge < -0.3 is 20.5 Å². The Hall–Kier alpha value is -2.40. The minimum absolute atomic E-state index is 0.126. The fourth-order valence-electron chi connectivity index (χ4n) is 1.87. The first-order valence-corrected chi connectivity index (χ1v) is 6.99. The van der Waals surface area contributed by atoms with Crippen LogP contribution in [0, 0.1) is 6.92 Å². The van der Waals surface area contributed by atoms with Crippen LogP contribution in [0.2, 0.25) is 5.02 Å². The van der Waals surface area contributed by atoms with E-state index in [2.05, 4.69) is 5.32 Å². The first-order chi connectivity index (χ1) is 10.5. The molecule has 0 heterocycles. The fraction of sp³-hybridized carbons (Fsp3) is 0.188. The summed E-state index contributed by atoms with van der Waals surface area (Å²) in [5.74, 6) is 0.804. The maximum Gasteiger partial charge on any atom is 0.262 e. The normalized spacial score (nSPS) is 10.1. The van der Waals surface area contributed by atoms with Crippen molar-refractivity contribution < 1.29 is 14.3 Å². The molecular formula is C16H17ClN2O3. The number of anilines is 2. The number of halogens is 1. The lowest BCUT2D eigenvalue weighted by atomic mass is 10.2. The molecule has 0 radical (unpaired) electrons. The van der Waals surface area contributed by atoms with Gasteiger partial charge in [0.15, 0.2) is 6.61 Å². The molecule has 3 N–H and O–H groups in total. The first kappa shape index (κ1) is 16.0. The van der Waals surface area contributed by atoms with Gasteiger partial charge >= 0.3 is 0 Å². The lowest BCUT2D eigenvalue weighted by molar-refractivity contribution is -0.118. The molecule has 0 atom stereocenters. The van der Waals surface area contributed by atoms with Crippen LogP contribution < -0.4 is 20.5 Å². The van der Waals surface area contributed by atoms with E-state index in [1.165, 1.54) is 7.11 Å². The number of hydrogen-bond acceptors (Lipinski definition) is 4. The number of methoxy groups -OCH3 is 1. The van der Waals surface area contributed by atoms with Crippen molar-refractivity contribution in [1.82, 2.24) is 0 Å². The van der Waals surface area contributed by atoms with E-state index in [-0.39, 0.29) is 12.5 Å². The van der Waals surface area contributed by atoms with Crippen LogP contribution in [0.4, 0.5) is 11.4 Å². The molecule has 5 nitrogen and oxygen atoms in total. The zero-order chi connectivity index (χ0) is 16.1. The van der Waals surface area contributed by atoms with Crippen LogP contribution in [-0.4, -0.2) is 19.6 Å². The second-order valence-corrected chi connectivity index (χ2v) is 5.11. The minimum atomic E-state index is -0.309. The number of carbonyl (C=O) groups excluding carboxylic acids is 1. The van der Waals surface area contributed by atoms with Crippen LogP contribution in [0.3, 0.4) is 0 Å². The molecule has 116 valence electrons. The summed E-state index contributed by atoms with van der Waals surface area (Å²) in [5, 5.41) is 3.36. The van der Waals surface area contributed by atoms with Crippen LogP contribution >= 0.6 is 11.6 Å². The van der Waals surface area contributed by atoms with Gasteiger partial charge in [-0.15, -0.1) is 0 Å². The average Bonchev–Trinajstić information content (AvgIpc) is 2.49. The lowest BCUT2D eigenvalue weighted by Crippen LogP contribution is -2.20. The van der Waals surface area contributed by atoms with E-state index in [1.54, 1.807) is 36.4 Å². The predicted molar refractivity (Wildman–Crippen MR) is 87.7 cm³/mol. The third-order valence-corrected chi connectivity index (χ3v) is 3.42. The summed E-state index contributed by atoms with van der Waals surface area (Å²) in [6, 6.07) is 10.2. The molecule has 0 saturated carbocycles. The molecule has 2 aromatic carbocycles. The second-order valence-electron chi connectivity index (χ2n) is 4.71.